The number of hydrogen-bond acceptors (Lipinski definition) is 8. The second-order valence-corrected chi connectivity index (χ2v) is 8.97. The van der Waals surface area contributed by atoms with Crippen LogP contribution < -0.4 is 15.4 Å². The predicted octanol–water partition coefficient (Wildman–Crippen LogP) is 1.36. The first kappa shape index (κ1) is 21.5. The molecule has 2 fully saturated rings. The average molecular weight is 435 g/mol. The summed E-state index contributed by atoms with van der Waals surface area (Å²) in [7, 11) is 0. The van der Waals surface area contributed by atoms with Gasteiger partial charge in [0.25, 0.3) is 5.24 Å². The zero-order valence-electron chi connectivity index (χ0n) is 15.9. The van der Waals surface area contributed by atoms with E-state index in [1.165, 1.54) is 0 Å². The molecule has 8 nitrogen and oxygen atoms in total. The Morgan fingerprint density at radius 1 is 1.41 bits per heavy atom. The fourth-order valence-electron chi connectivity index (χ4n) is 3.00. The maximum atomic E-state index is 12.2. The number of nitriles is 1. The summed E-state index contributed by atoms with van der Waals surface area (Å²) in [5.74, 6) is 1.59. The molecule has 2 N–H and O–H groups in total. The molecule has 2 heterocycles. The predicted molar refractivity (Wildman–Crippen MR) is 112 cm³/mol. The first-order valence-electron chi connectivity index (χ1n) is 9.21. The van der Waals surface area contributed by atoms with Gasteiger partial charge in [-0.1, -0.05) is 23.9 Å². The highest BCUT2D eigenvalue weighted by molar-refractivity contribution is 8.15. The highest BCUT2D eigenvalue weighted by Crippen LogP contribution is 2.24. The number of thioether (sulfide) groups is 2. The molecule has 29 heavy (non-hydrogen) atoms. The molecule has 0 radical (unpaired) electrons. The summed E-state index contributed by atoms with van der Waals surface area (Å²) in [5.41, 5.74) is 0.951. The minimum atomic E-state index is -0.385. The highest BCUT2D eigenvalue weighted by Gasteiger charge is 2.31. The van der Waals surface area contributed by atoms with E-state index in [2.05, 4.69) is 16.7 Å². The van der Waals surface area contributed by atoms with Crippen molar-refractivity contribution in [1.82, 2.24) is 15.5 Å². The van der Waals surface area contributed by atoms with Gasteiger partial charge >= 0.3 is 0 Å². The van der Waals surface area contributed by atoms with E-state index in [1.807, 2.05) is 31.2 Å². The van der Waals surface area contributed by atoms with Crippen LogP contribution in [0.15, 0.2) is 24.3 Å². The third-order valence-electron chi connectivity index (χ3n) is 4.51. The normalized spacial score (nSPS) is 22.3. The summed E-state index contributed by atoms with van der Waals surface area (Å²) in [6, 6.07) is 9.22. The number of hydrogen-bond donors (Lipinski definition) is 2. The van der Waals surface area contributed by atoms with Gasteiger partial charge in [0.2, 0.25) is 11.8 Å². The van der Waals surface area contributed by atoms with Crippen LogP contribution >= 0.6 is 23.5 Å². The summed E-state index contributed by atoms with van der Waals surface area (Å²) < 4.78 is 5.84. The van der Waals surface area contributed by atoms with E-state index in [-0.39, 0.29) is 41.0 Å². The van der Waals surface area contributed by atoms with Crippen LogP contribution in [-0.2, 0) is 16.0 Å². The van der Waals surface area contributed by atoms with Crippen molar-refractivity contribution in [3.05, 3.63) is 29.8 Å². The van der Waals surface area contributed by atoms with Crippen LogP contribution in [0.4, 0.5) is 4.79 Å². The van der Waals surface area contributed by atoms with Gasteiger partial charge in [0.05, 0.1) is 23.7 Å². The van der Waals surface area contributed by atoms with Crippen LogP contribution in [0.1, 0.15) is 12.5 Å². The van der Waals surface area contributed by atoms with E-state index in [4.69, 9.17) is 10.00 Å². The topological polar surface area (TPSA) is 112 Å². The van der Waals surface area contributed by atoms with Crippen molar-refractivity contribution in [3.63, 3.8) is 0 Å². The Hall–Kier alpha value is -2.22. The molecular weight excluding hydrogens is 412 g/mol. The van der Waals surface area contributed by atoms with Crippen molar-refractivity contribution in [2.24, 2.45) is 0 Å². The summed E-state index contributed by atoms with van der Waals surface area (Å²) in [6.07, 6.45) is 0.336. The lowest BCUT2D eigenvalue weighted by atomic mass is 10.1. The Labute approximate surface area is 177 Å². The van der Waals surface area contributed by atoms with Gasteiger partial charge < -0.3 is 15.0 Å². The van der Waals surface area contributed by atoms with Gasteiger partial charge in [0, 0.05) is 12.3 Å². The number of nitrogens with one attached hydrogen (secondary N) is 2. The minimum Gasteiger partial charge on any atom is -0.489 e. The summed E-state index contributed by atoms with van der Waals surface area (Å²) in [5, 5.41) is 13.7. The number of ether oxygens (including phenoxy) is 1. The number of carbonyl (C=O) groups is 3. The maximum Gasteiger partial charge on any atom is 0.286 e. The van der Waals surface area contributed by atoms with Crippen molar-refractivity contribution < 1.29 is 19.1 Å². The van der Waals surface area contributed by atoms with Crippen molar-refractivity contribution in [2.75, 3.05) is 24.7 Å². The molecule has 2 aliphatic rings. The number of benzene rings is 1. The Morgan fingerprint density at radius 3 is 2.83 bits per heavy atom. The van der Waals surface area contributed by atoms with Crippen LogP contribution in [0.25, 0.3) is 0 Å². The molecule has 2 unspecified atom stereocenters. The third kappa shape index (κ3) is 5.88. The fourth-order valence-corrected chi connectivity index (χ4v) is 4.96. The van der Waals surface area contributed by atoms with Crippen LogP contribution in [0.5, 0.6) is 5.75 Å². The quantitative estimate of drug-likeness (QED) is 0.631. The first-order chi connectivity index (χ1) is 14.0. The van der Waals surface area contributed by atoms with Crippen LogP contribution in [0.3, 0.4) is 0 Å². The molecule has 3 atom stereocenters. The zero-order chi connectivity index (χ0) is 20.8. The monoisotopic (exact) mass is 434 g/mol. The molecule has 3 rings (SSSR count). The number of amides is 3. The molecule has 2 saturated heterocycles. The van der Waals surface area contributed by atoms with Gasteiger partial charge in [-0.05, 0) is 31.0 Å². The lowest BCUT2D eigenvalue weighted by Gasteiger charge is -2.20. The van der Waals surface area contributed by atoms with E-state index in [0.717, 1.165) is 17.3 Å². The number of imide groups is 1. The summed E-state index contributed by atoms with van der Waals surface area (Å²) in [6.45, 7) is 2.57. The lowest BCUT2D eigenvalue weighted by Crippen LogP contribution is -2.43. The second-order valence-electron chi connectivity index (χ2n) is 6.80. The third-order valence-corrected chi connectivity index (χ3v) is 6.50. The van der Waals surface area contributed by atoms with E-state index >= 15 is 0 Å². The average Bonchev–Trinajstić information content (AvgIpc) is 3.29. The molecule has 154 valence electrons. The molecule has 0 saturated carbocycles. The van der Waals surface area contributed by atoms with Crippen molar-refractivity contribution in [3.8, 4) is 11.8 Å². The number of nitrogens with zero attached hydrogens (tertiary/aromatic N) is 2. The summed E-state index contributed by atoms with van der Waals surface area (Å²) in [4.78, 5) is 36.7. The van der Waals surface area contributed by atoms with Gasteiger partial charge in [0.15, 0.2) is 0 Å². The standard InChI is InChI=1S/C19H22N4O4S2/c1-12(8-21-9-17(24)23-11-28-10-14(23)7-20)27-15-4-2-13(3-5-15)6-16-18(25)22-19(26)29-16/h2-5,12,14,16,21H,6,8-11H2,1H3,(H,22,25,26)/t12?,14-,16?/m1/s1. The van der Waals surface area contributed by atoms with Crippen LogP contribution in [0.2, 0.25) is 0 Å². The molecule has 0 bridgehead atoms. The molecule has 2 aliphatic heterocycles. The number of carbonyl (C=O) groups excluding carboxylic acids is 3. The highest BCUT2D eigenvalue weighted by atomic mass is 32.2. The van der Waals surface area contributed by atoms with E-state index in [9.17, 15) is 14.4 Å². The van der Waals surface area contributed by atoms with Gasteiger partial charge in [-0.25, -0.2) is 0 Å². The lowest BCUT2D eigenvalue weighted by molar-refractivity contribution is -0.129. The smallest absolute Gasteiger partial charge is 0.286 e. The molecule has 1 aromatic carbocycles. The molecule has 0 spiro atoms. The molecule has 3 amide bonds. The molecular formula is C19H22N4O4S2. The van der Waals surface area contributed by atoms with Crippen molar-refractivity contribution in [1.29, 1.82) is 5.26 Å². The fraction of sp³-hybridized carbons (Fsp3) is 0.474. The Balaban J connectivity index is 1.39. The zero-order valence-corrected chi connectivity index (χ0v) is 17.6. The van der Waals surface area contributed by atoms with E-state index < -0.39 is 0 Å². The minimum absolute atomic E-state index is 0.0783. The van der Waals surface area contributed by atoms with Gasteiger partial charge in [-0.2, -0.15) is 5.26 Å². The first-order valence-corrected chi connectivity index (χ1v) is 11.2. The molecule has 10 heteroatoms. The molecule has 0 aromatic heterocycles. The Morgan fingerprint density at radius 2 is 2.17 bits per heavy atom. The molecule has 0 aliphatic carbocycles. The SMILES string of the molecule is CC(CNCC(=O)N1CSC[C@H]1C#N)Oc1ccc(CC2SC(=O)NC2=O)cc1. The van der Waals surface area contributed by atoms with E-state index in [1.54, 1.807) is 16.7 Å². The van der Waals surface area contributed by atoms with Crippen molar-refractivity contribution in [2.45, 2.75) is 30.7 Å². The Kier molecular flexibility index (Phi) is 7.41. The second kappa shape index (κ2) is 10.0. The van der Waals surface area contributed by atoms with Crippen LogP contribution in [-0.4, -0.2) is 64.1 Å². The van der Waals surface area contributed by atoms with Gasteiger partial charge in [-0.3, -0.25) is 19.7 Å². The summed E-state index contributed by atoms with van der Waals surface area (Å²) >= 11 is 2.60. The maximum absolute atomic E-state index is 12.2. The van der Waals surface area contributed by atoms with Crippen LogP contribution in [0, 0.1) is 11.3 Å². The largest absolute Gasteiger partial charge is 0.489 e. The van der Waals surface area contributed by atoms with Gasteiger partial charge in [0.1, 0.15) is 17.9 Å². The van der Waals surface area contributed by atoms with E-state index in [0.29, 0.717) is 30.3 Å². The van der Waals surface area contributed by atoms with Gasteiger partial charge in [-0.15, -0.1) is 11.8 Å². The Bertz CT molecular complexity index is 811. The van der Waals surface area contributed by atoms with Crippen molar-refractivity contribution >= 4 is 40.6 Å². The molecule has 1 aromatic rings. The number of rotatable bonds is 8.